The third-order valence-corrected chi connectivity index (χ3v) is 2.97. The smallest absolute Gasteiger partial charge is 0.0704 e. The maximum absolute atomic E-state index is 5.67. The number of rotatable bonds is 12. The molecule has 0 bridgehead atoms. The Kier molecular flexibility index (Phi) is 9.42. The molecule has 1 N–H and O–H groups in total. The molecule has 1 fully saturated rings. The van der Waals surface area contributed by atoms with Crippen molar-refractivity contribution in [1.29, 1.82) is 0 Å². The fourth-order valence-electron chi connectivity index (χ4n) is 1.90. The summed E-state index contributed by atoms with van der Waals surface area (Å²) in [6, 6.07) is 0.662. The minimum absolute atomic E-state index is 0.426. The lowest BCUT2D eigenvalue weighted by molar-refractivity contribution is -0.0490. The van der Waals surface area contributed by atoms with E-state index in [1.54, 1.807) is 7.11 Å². The van der Waals surface area contributed by atoms with E-state index < -0.39 is 0 Å². The van der Waals surface area contributed by atoms with Crippen LogP contribution >= 0.6 is 0 Å². The highest BCUT2D eigenvalue weighted by atomic mass is 16.6. The molecule has 0 saturated heterocycles. The number of hydrogen-bond donors (Lipinski definition) is 1. The number of ether oxygens (including phenoxy) is 4. The molecule has 1 aliphatic carbocycles. The second kappa shape index (κ2) is 10.7. The van der Waals surface area contributed by atoms with Crippen molar-refractivity contribution in [3.05, 3.63) is 0 Å². The van der Waals surface area contributed by atoms with Gasteiger partial charge in [-0.3, -0.25) is 0 Å². The zero-order chi connectivity index (χ0) is 13.1. The zero-order valence-electron chi connectivity index (χ0n) is 11.7. The predicted molar refractivity (Wildman–Crippen MR) is 70.0 cm³/mol. The summed E-state index contributed by atoms with van der Waals surface area (Å²) in [7, 11) is 1.66. The van der Waals surface area contributed by atoms with Gasteiger partial charge in [-0.2, -0.15) is 0 Å². The lowest BCUT2D eigenvalue weighted by atomic mass is 9.89. The second-order valence-electron chi connectivity index (χ2n) is 4.44. The van der Waals surface area contributed by atoms with Gasteiger partial charge in [0.15, 0.2) is 0 Å². The lowest BCUT2D eigenvalue weighted by Gasteiger charge is -2.35. The van der Waals surface area contributed by atoms with Crippen molar-refractivity contribution >= 4 is 0 Å². The highest BCUT2D eigenvalue weighted by molar-refractivity contribution is 4.85. The van der Waals surface area contributed by atoms with Gasteiger partial charge in [0.2, 0.25) is 0 Å². The monoisotopic (exact) mass is 261 g/mol. The van der Waals surface area contributed by atoms with Crippen LogP contribution in [0.1, 0.15) is 19.8 Å². The molecule has 0 atom stereocenters. The number of hydrogen-bond acceptors (Lipinski definition) is 5. The van der Waals surface area contributed by atoms with E-state index in [-0.39, 0.29) is 0 Å². The van der Waals surface area contributed by atoms with Gasteiger partial charge in [-0.1, -0.05) is 6.92 Å². The van der Waals surface area contributed by atoms with Crippen molar-refractivity contribution in [2.24, 2.45) is 0 Å². The molecule has 0 heterocycles. The predicted octanol–water partition coefficient (Wildman–Crippen LogP) is 0.823. The summed E-state index contributed by atoms with van der Waals surface area (Å²) in [6.45, 7) is 7.02. The Morgan fingerprint density at radius 3 is 2.17 bits per heavy atom. The first-order valence-electron chi connectivity index (χ1n) is 6.86. The standard InChI is InChI=1S/C13H27NO4/c1-3-14-12-10-13(11-12)18-9-8-17-7-6-16-5-4-15-2/h12-14H,3-11H2,1-2H3. The Hall–Kier alpha value is -0.200. The highest BCUT2D eigenvalue weighted by Crippen LogP contribution is 2.22. The van der Waals surface area contributed by atoms with Gasteiger partial charge in [0.1, 0.15) is 0 Å². The van der Waals surface area contributed by atoms with Crippen LogP contribution in [0.4, 0.5) is 0 Å². The third-order valence-electron chi connectivity index (χ3n) is 2.97. The molecular formula is C13H27NO4. The fourth-order valence-corrected chi connectivity index (χ4v) is 1.90. The zero-order valence-corrected chi connectivity index (χ0v) is 11.7. The molecule has 18 heavy (non-hydrogen) atoms. The molecule has 1 aliphatic rings. The Balaban J connectivity index is 1.72. The Morgan fingerprint density at radius 2 is 1.56 bits per heavy atom. The summed E-state index contributed by atoms with van der Waals surface area (Å²) < 4.78 is 21.2. The molecule has 1 saturated carbocycles. The number of methoxy groups -OCH3 is 1. The van der Waals surface area contributed by atoms with E-state index in [0.29, 0.717) is 51.8 Å². The van der Waals surface area contributed by atoms with Crippen LogP contribution in [0.25, 0.3) is 0 Å². The van der Waals surface area contributed by atoms with E-state index in [0.717, 1.165) is 19.4 Å². The molecular weight excluding hydrogens is 234 g/mol. The summed E-state index contributed by atoms with van der Waals surface area (Å²) in [5.41, 5.74) is 0. The van der Waals surface area contributed by atoms with Gasteiger partial charge in [0, 0.05) is 13.2 Å². The Bertz CT molecular complexity index is 186. The summed E-state index contributed by atoms with van der Waals surface area (Å²) in [6.07, 6.45) is 2.69. The molecule has 5 heteroatoms. The van der Waals surface area contributed by atoms with Gasteiger partial charge >= 0.3 is 0 Å². The average Bonchev–Trinajstić information content (AvgIpc) is 2.33. The van der Waals surface area contributed by atoms with Gasteiger partial charge in [0.25, 0.3) is 0 Å². The molecule has 0 aromatic carbocycles. The van der Waals surface area contributed by atoms with E-state index in [1.807, 2.05) is 0 Å². The second-order valence-corrected chi connectivity index (χ2v) is 4.44. The van der Waals surface area contributed by atoms with E-state index in [9.17, 15) is 0 Å². The van der Waals surface area contributed by atoms with E-state index in [1.165, 1.54) is 0 Å². The molecule has 0 aromatic heterocycles. The first kappa shape index (κ1) is 15.9. The van der Waals surface area contributed by atoms with Crippen molar-refractivity contribution in [2.75, 3.05) is 53.3 Å². The third kappa shape index (κ3) is 7.28. The van der Waals surface area contributed by atoms with Gasteiger partial charge in [-0.05, 0) is 19.4 Å². The average molecular weight is 261 g/mol. The summed E-state index contributed by atoms with van der Waals surface area (Å²) in [5, 5.41) is 3.41. The SMILES string of the molecule is CCNC1CC(OCCOCCOCCOC)C1. The molecule has 0 unspecified atom stereocenters. The van der Waals surface area contributed by atoms with Crippen molar-refractivity contribution < 1.29 is 18.9 Å². The molecule has 0 spiro atoms. The van der Waals surface area contributed by atoms with Gasteiger partial charge in [0.05, 0.1) is 45.7 Å². The Labute approximate surface area is 110 Å². The molecule has 1 rings (SSSR count). The van der Waals surface area contributed by atoms with Crippen LogP contribution in [0.15, 0.2) is 0 Å². The Morgan fingerprint density at radius 1 is 0.944 bits per heavy atom. The van der Waals surface area contributed by atoms with Gasteiger partial charge in [-0.25, -0.2) is 0 Å². The van der Waals surface area contributed by atoms with Crippen molar-refractivity contribution in [3.8, 4) is 0 Å². The molecule has 0 amide bonds. The molecule has 0 aromatic rings. The van der Waals surface area contributed by atoms with Crippen molar-refractivity contribution in [2.45, 2.75) is 31.9 Å². The first-order chi connectivity index (χ1) is 8.86. The van der Waals surface area contributed by atoms with E-state index >= 15 is 0 Å². The summed E-state index contributed by atoms with van der Waals surface area (Å²) >= 11 is 0. The van der Waals surface area contributed by atoms with Crippen LogP contribution in [0.2, 0.25) is 0 Å². The largest absolute Gasteiger partial charge is 0.382 e. The fraction of sp³-hybridized carbons (Fsp3) is 1.00. The quantitative estimate of drug-likeness (QED) is 0.527. The first-order valence-corrected chi connectivity index (χ1v) is 6.86. The summed E-state index contributed by atoms with van der Waals surface area (Å²) in [5.74, 6) is 0. The van der Waals surface area contributed by atoms with Crippen LogP contribution in [-0.2, 0) is 18.9 Å². The topological polar surface area (TPSA) is 49.0 Å². The molecule has 0 aliphatic heterocycles. The molecule has 5 nitrogen and oxygen atoms in total. The van der Waals surface area contributed by atoms with Crippen LogP contribution in [0.3, 0.4) is 0 Å². The van der Waals surface area contributed by atoms with Crippen molar-refractivity contribution in [3.63, 3.8) is 0 Å². The minimum atomic E-state index is 0.426. The van der Waals surface area contributed by atoms with E-state index in [2.05, 4.69) is 12.2 Å². The minimum Gasteiger partial charge on any atom is -0.382 e. The maximum atomic E-state index is 5.67. The van der Waals surface area contributed by atoms with Crippen LogP contribution < -0.4 is 5.32 Å². The molecule has 108 valence electrons. The maximum Gasteiger partial charge on any atom is 0.0704 e. The van der Waals surface area contributed by atoms with Crippen LogP contribution in [0, 0.1) is 0 Å². The molecule has 0 radical (unpaired) electrons. The lowest BCUT2D eigenvalue weighted by Crippen LogP contribution is -2.45. The summed E-state index contributed by atoms with van der Waals surface area (Å²) in [4.78, 5) is 0. The van der Waals surface area contributed by atoms with E-state index in [4.69, 9.17) is 18.9 Å². The number of nitrogens with one attached hydrogen (secondary N) is 1. The van der Waals surface area contributed by atoms with Crippen LogP contribution in [-0.4, -0.2) is 65.4 Å². The van der Waals surface area contributed by atoms with Crippen molar-refractivity contribution in [1.82, 2.24) is 5.32 Å². The normalized spacial score (nSPS) is 23.0. The van der Waals surface area contributed by atoms with Crippen LogP contribution in [0.5, 0.6) is 0 Å². The highest BCUT2D eigenvalue weighted by Gasteiger charge is 2.28. The van der Waals surface area contributed by atoms with Gasteiger partial charge in [-0.15, -0.1) is 0 Å². The van der Waals surface area contributed by atoms with Gasteiger partial charge < -0.3 is 24.3 Å².